The fourth-order valence-electron chi connectivity index (χ4n) is 1.69. The van der Waals surface area contributed by atoms with E-state index in [0.29, 0.717) is 6.04 Å². The van der Waals surface area contributed by atoms with Gasteiger partial charge in [-0.3, -0.25) is 5.32 Å². The second kappa shape index (κ2) is 6.68. The average molecular weight is 248 g/mol. The molecule has 1 aromatic carbocycles. The summed E-state index contributed by atoms with van der Waals surface area (Å²) in [6.07, 6.45) is 0. The molecule has 1 aromatic rings. The molecule has 0 aliphatic carbocycles. The van der Waals surface area contributed by atoms with Crippen LogP contribution in [0.4, 0.5) is 0 Å². The normalized spacial score (nSPS) is 14.3. The van der Waals surface area contributed by atoms with Crippen LogP contribution in [0.2, 0.25) is 0 Å². The second-order valence-corrected chi connectivity index (χ2v) is 5.71. The number of nitrogens with zero attached hydrogens (tertiary/aromatic N) is 1. The van der Waals surface area contributed by atoms with Crippen molar-refractivity contribution in [2.45, 2.75) is 38.1 Å². The molecule has 0 bridgehead atoms. The van der Waals surface area contributed by atoms with Crippen molar-refractivity contribution in [2.24, 2.45) is 0 Å². The Hall–Kier alpha value is -0.980. The molecule has 1 unspecified atom stereocenters. The molecule has 2 nitrogen and oxygen atoms in total. The maximum absolute atomic E-state index is 9.21. The molecule has 0 spiro atoms. The summed E-state index contributed by atoms with van der Waals surface area (Å²) in [4.78, 5) is 0. The maximum Gasteiger partial charge on any atom is 0.113 e. The van der Waals surface area contributed by atoms with Gasteiger partial charge in [-0.1, -0.05) is 30.3 Å². The third kappa shape index (κ3) is 5.25. The highest BCUT2D eigenvalue weighted by atomic mass is 32.2. The number of nitriles is 1. The van der Waals surface area contributed by atoms with E-state index in [1.54, 1.807) is 11.8 Å². The fraction of sp³-hybridized carbons (Fsp3) is 0.500. The van der Waals surface area contributed by atoms with Crippen molar-refractivity contribution in [3.63, 3.8) is 0 Å². The lowest BCUT2D eigenvalue weighted by Crippen LogP contribution is -2.47. The summed E-state index contributed by atoms with van der Waals surface area (Å²) < 4.78 is 0. The average Bonchev–Trinajstić information content (AvgIpc) is 2.29. The molecule has 3 heteroatoms. The van der Waals surface area contributed by atoms with Crippen molar-refractivity contribution in [1.82, 2.24) is 5.32 Å². The molecule has 0 amide bonds. The lowest BCUT2D eigenvalue weighted by molar-refractivity contribution is 0.443. The highest BCUT2D eigenvalue weighted by Gasteiger charge is 2.23. The molecule has 0 aliphatic heterocycles. The number of benzene rings is 1. The Morgan fingerprint density at radius 1 is 1.35 bits per heavy atom. The standard InChI is InChI=1S/C14H20N2S/c1-12(2)16-14(3,10-15)11-17-9-13-7-5-4-6-8-13/h4-8,12,16H,9,11H2,1-3H3. The topological polar surface area (TPSA) is 35.8 Å². The summed E-state index contributed by atoms with van der Waals surface area (Å²) in [5.74, 6) is 1.76. The minimum Gasteiger partial charge on any atom is -0.297 e. The zero-order valence-corrected chi connectivity index (χ0v) is 11.6. The van der Waals surface area contributed by atoms with Crippen LogP contribution >= 0.6 is 11.8 Å². The highest BCUT2D eigenvalue weighted by molar-refractivity contribution is 7.98. The number of nitrogens with one attached hydrogen (secondary N) is 1. The van der Waals surface area contributed by atoms with Crippen molar-refractivity contribution in [1.29, 1.82) is 5.26 Å². The summed E-state index contributed by atoms with van der Waals surface area (Å²) >= 11 is 1.79. The van der Waals surface area contributed by atoms with Gasteiger partial charge in [-0.25, -0.2) is 0 Å². The first-order valence-corrected chi connectivity index (χ1v) is 7.02. The SMILES string of the molecule is CC(C)NC(C)(C#N)CSCc1ccccc1. The first-order chi connectivity index (χ1) is 8.06. The maximum atomic E-state index is 9.21. The Balaban J connectivity index is 2.41. The molecule has 92 valence electrons. The van der Waals surface area contributed by atoms with Crippen LogP contribution in [-0.2, 0) is 5.75 Å². The summed E-state index contributed by atoms with van der Waals surface area (Å²) in [5.41, 5.74) is 0.871. The van der Waals surface area contributed by atoms with E-state index in [1.807, 2.05) is 25.1 Å². The predicted molar refractivity (Wildman–Crippen MR) is 74.9 cm³/mol. The van der Waals surface area contributed by atoms with Crippen LogP contribution in [0.1, 0.15) is 26.3 Å². The van der Waals surface area contributed by atoms with E-state index in [-0.39, 0.29) is 0 Å². The van der Waals surface area contributed by atoms with Crippen LogP contribution < -0.4 is 5.32 Å². The fourth-order valence-corrected chi connectivity index (χ4v) is 2.78. The van der Waals surface area contributed by atoms with E-state index in [2.05, 4.69) is 37.4 Å². The summed E-state index contributed by atoms with van der Waals surface area (Å²) in [6.45, 7) is 6.10. The number of thioether (sulfide) groups is 1. The van der Waals surface area contributed by atoms with Crippen LogP contribution in [0.5, 0.6) is 0 Å². The molecule has 1 atom stereocenters. The van der Waals surface area contributed by atoms with Gasteiger partial charge >= 0.3 is 0 Å². The molecular formula is C14H20N2S. The molecule has 0 heterocycles. The zero-order chi connectivity index (χ0) is 12.7. The Kier molecular flexibility index (Phi) is 5.54. The molecule has 0 aliphatic rings. The lowest BCUT2D eigenvalue weighted by atomic mass is 10.1. The molecule has 0 radical (unpaired) electrons. The highest BCUT2D eigenvalue weighted by Crippen LogP contribution is 2.18. The quantitative estimate of drug-likeness (QED) is 0.839. The predicted octanol–water partition coefficient (Wildman–Crippen LogP) is 3.20. The van der Waals surface area contributed by atoms with E-state index < -0.39 is 5.54 Å². The van der Waals surface area contributed by atoms with E-state index in [4.69, 9.17) is 0 Å². The molecule has 0 saturated heterocycles. The molecule has 0 fully saturated rings. The second-order valence-electron chi connectivity index (χ2n) is 4.72. The molecular weight excluding hydrogens is 228 g/mol. The monoisotopic (exact) mass is 248 g/mol. The van der Waals surface area contributed by atoms with Crippen molar-refractivity contribution in [3.05, 3.63) is 35.9 Å². The largest absolute Gasteiger partial charge is 0.297 e. The van der Waals surface area contributed by atoms with Crippen molar-refractivity contribution in [2.75, 3.05) is 5.75 Å². The van der Waals surface area contributed by atoms with Crippen LogP contribution in [-0.4, -0.2) is 17.3 Å². The smallest absolute Gasteiger partial charge is 0.113 e. The molecule has 17 heavy (non-hydrogen) atoms. The van der Waals surface area contributed by atoms with Gasteiger partial charge in [0.1, 0.15) is 5.54 Å². The number of rotatable bonds is 6. The third-order valence-electron chi connectivity index (χ3n) is 2.36. The lowest BCUT2D eigenvalue weighted by Gasteiger charge is -2.25. The van der Waals surface area contributed by atoms with Gasteiger partial charge in [0.25, 0.3) is 0 Å². The Morgan fingerprint density at radius 3 is 2.53 bits per heavy atom. The Bertz CT molecular complexity index is 370. The third-order valence-corrected chi connectivity index (χ3v) is 3.68. The van der Waals surface area contributed by atoms with E-state index in [1.165, 1.54) is 5.56 Å². The van der Waals surface area contributed by atoms with Crippen molar-refractivity contribution in [3.8, 4) is 6.07 Å². The van der Waals surface area contributed by atoms with E-state index >= 15 is 0 Å². The molecule has 1 rings (SSSR count). The Morgan fingerprint density at radius 2 is 2.00 bits per heavy atom. The van der Waals surface area contributed by atoms with Gasteiger partial charge in [0.2, 0.25) is 0 Å². The Labute approximate surface area is 108 Å². The summed E-state index contributed by atoms with van der Waals surface area (Å²) in [5, 5.41) is 12.5. The summed E-state index contributed by atoms with van der Waals surface area (Å²) in [6, 6.07) is 13.0. The van der Waals surface area contributed by atoms with Crippen LogP contribution in [0, 0.1) is 11.3 Å². The van der Waals surface area contributed by atoms with Gasteiger partial charge in [-0.2, -0.15) is 17.0 Å². The van der Waals surface area contributed by atoms with E-state index in [0.717, 1.165) is 11.5 Å². The first-order valence-electron chi connectivity index (χ1n) is 5.86. The van der Waals surface area contributed by atoms with Gasteiger partial charge in [0, 0.05) is 17.5 Å². The minimum atomic E-state index is -0.437. The molecule has 0 saturated carbocycles. The number of hydrogen-bond acceptors (Lipinski definition) is 3. The van der Waals surface area contributed by atoms with Gasteiger partial charge in [-0.15, -0.1) is 0 Å². The van der Waals surface area contributed by atoms with Gasteiger partial charge in [0.15, 0.2) is 0 Å². The summed E-state index contributed by atoms with van der Waals surface area (Å²) in [7, 11) is 0. The van der Waals surface area contributed by atoms with Crippen LogP contribution in [0.3, 0.4) is 0 Å². The van der Waals surface area contributed by atoms with Crippen LogP contribution in [0.25, 0.3) is 0 Å². The zero-order valence-electron chi connectivity index (χ0n) is 10.7. The van der Waals surface area contributed by atoms with Crippen molar-refractivity contribution < 1.29 is 0 Å². The number of hydrogen-bond donors (Lipinski definition) is 1. The van der Waals surface area contributed by atoms with E-state index in [9.17, 15) is 5.26 Å². The van der Waals surface area contributed by atoms with Gasteiger partial charge in [-0.05, 0) is 26.3 Å². The van der Waals surface area contributed by atoms with Crippen molar-refractivity contribution >= 4 is 11.8 Å². The van der Waals surface area contributed by atoms with Gasteiger partial charge in [0.05, 0.1) is 6.07 Å². The van der Waals surface area contributed by atoms with Gasteiger partial charge < -0.3 is 0 Å². The van der Waals surface area contributed by atoms with Crippen LogP contribution in [0.15, 0.2) is 30.3 Å². The first kappa shape index (κ1) is 14.1. The minimum absolute atomic E-state index is 0.331. The molecule has 0 aromatic heterocycles. The molecule has 1 N–H and O–H groups in total.